The highest BCUT2D eigenvalue weighted by Gasteiger charge is 2.05. The van der Waals surface area contributed by atoms with Crippen LogP contribution in [0, 0.1) is 0 Å². The SMILES string of the molecule is COCC(C)NC(=O)CNCCn1cccn1. The Morgan fingerprint density at radius 3 is 3.06 bits per heavy atom. The van der Waals surface area contributed by atoms with Crippen LogP contribution in [0.4, 0.5) is 0 Å². The number of nitrogens with zero attached hydrogens (tertiary/aromatic N) is 2. The van der Waals surface area contributed by atoms with Gasteiger partial charge in [-0.05, 0) is 13.0 Å². The van der Waals surface area contributed by atoms with E-state index in [-0.39, 0.29) is 11.9 Å². The van der Waals surface area contributed by atoms with E-state index in [0.29, 0.717) is 19.7 Å². The number of methoxy groups -OCH3 is 1. The summed E-state index contributed by atoms with van der Waals surface area (Å²) in [4.78, 5) is 11.4. The maximum absolute atomic E-state index is 11.4. The molecule has 0 aliphatic carbocycles. The van der Waals surface area contributed by atoms with E-state index in [9.17, 15) is 4.79 Å². The van der Waals surface area contributed by atoms with E-state index in [4.69, 9.17) is 4.74 Å². The molecule has 0 radical (unpaired) electrons. The Kier molecular flexibility index (Phi) is 6.27. The minimum atomic E-state index is -0.0185. The van der Waals surface area contributed by atoms with Crippen molar-refractivity contribution < 1.29 is 9.53 Å². The molecule has 1 rings (SSSR count). The topological polar surface area (TPSA) is 68.2 Å². The third-order valence-corrected chi connectivity index (χ3v) is 2.19. The number of carbonyl (C=O) groups is 1. The molecule has 1 atom stereocenters. The number of carbonyl (C=O) groups excluding carboxylic acids is 1. The molecule has 0 aliphatic rings. The first-order valence-electron chi connectivity index (χ1n) is 5.69. The van der Waals surface area contributed by atoms with E-state index >= 15 is 0 Å². The summed E-state index contributed by atoms with van der Waals surface area (Å²) >= 11 is 0. The fourth-order valence-electron chi connectivity index (χ4n) is 1.45. The standard InChI is InChI=1S/C11H20N4O2/c1-10(9-17-2)14-11(16)8-12-5-7-15-6-3-4-13-15/h3-4,6,10,12H,5,7-9H2,1-2H3,(H,14,16). The monoisotopic (exact) mass is 240 g/mol. The number of aromatic nitrogens is 2. The molecule has 0 spiro atoms. The van der Waals surface area contributed by atoms with Gasteiger partial charge >= 0.3 is 0 Å². The van der Waals surface area contributed by atoms with Crippen LogP contribution in [0.3, 0.4) is 0 Å². The summed E-state index contributed by atoms with van der Waals surface area (Å²) in [6, 6.07) is 1.92. The summed E-state index contributed by atoms with van der Waals surface area (Å²) in [6.07, 6.45) is 3.63. The Labute approximate surface area is 101 Å². The lowest BCUT2D eigenvalue weighted by Gasteiger charge is -2.13. The van der Waals surface area contributed by atoms with Gasteiger partial charge in [0.15, 0.2) is 0 Å². The molecule has 0 aromatic carbocycles. The van der Waals surface area contributed by atoms with Crippen LogP contribution in [0.5, 0.6) is 0 Å². The maximum atomic E-state index is 11.4. The number of hydrogen-bond donors (Lipinski definition) is 2. The molecule has 1 unspecified atom stereocenters. The zero-order valence-electron chi connectivity index (χ0n) is 10.3. The van der Waals surface area contributed by atoms with Gasteiger partial charge in [0.1, 0.15) is 0 Å². The third kappa shape index (κ3) is 6.03. The summed E-state index contributed by atoms with van der Waals surface area (Å²) in [7, 11) is 1.62. The lowest BCUT2D eigenvalue weighted by molar-refractivity contribution is -0.121. The molecular weight excluding hydrogens is 220 g/mol. The first kappa shape index (κ1) is 13.7. The smallest absolute Gasteiger partial charge is 0.234 e. The molecule has 0 fully saturated rings. The van der Waals surface area contributed by atoms with Crippen molar-refractivity contribution in [3.63, 3.8) is 0 Å². The van der Waals surface area contributed by atoms with E-state index < -0.39 is 0 Å². The highest BCUT2D eigenvalue weighted by atomic mass is 16.5. The van der Waals surface area contributed by atoms with E-state index in [1.807, 2.05) is 23.9 Å². The largest absolute Gasteiger partial charge is 0.383 e. The van der Waals surface area contributed by atoms with Gasteiger partial charge in [-0.25, -0.2) is 0 Å². The van der Waals surface area contributed by atoms with Gasteiger partial charge in [-0.2, -0.15) is 5.10 Å². The van der Waals surface area contributed by atoms with Crippen molar-refractivity contribution in [2.45, 2.75) is 19.5 Å². The number of hydrogen-bond acceptors (Lipinski definition) is 4. The number of ether oxygens (including phenoxy) is 1. The molecule has 0 saturated heterocycles. The molecular formula is C11H20N4O2. The Hall–Kier alpha value is -1.40. The Morgan fingerprint density at radius 1 is 1.59 bits per heavy atom. The zero-order chi connectivity index (χ0) is 12.5. The average molecular weight is 240 g/mol. The molecule has 2 N–H and O–H groups in total. The molecule has 1 heterocycles. The molecule has 6 heteroatoms. The van der Waals surface area contributed by atoms with Gasteiger partial charge in [0, 0.05) is 32.1 Å². The van der Waals surface area contributed by atoms with Crippen LogP contribution in [0.25, 0.3) is 0 Å². The minimum Gasteiger partial charge on any atom is -0.383 e. The summed E-state index contributed by atoms with van der Waals surface area (Å²) in [5, 5.41) is 9.95. The summed E-state index contributed by atoms with van der Waals surface area (Å²) < 4.78 is 6.75. The van der Waals surface area contributed by atoms with Gasteiger partial charge in [-0.1, -0.05) is 0 Å². The first-order valence-corrected chi connectivity index (χ1v) is 5.69. The fourth-order valence-corrected chi connectivity index (χ4v) is 1.45. The molecule has 1 amide bonds. The van der Waals surface area contributed by atoms with Gasteiger partial charge in [0.05, 0.1) is 19.7 Å². The van der Waals surface area contributed by atoms with Crippen LogP contribution < -0.4 is 10.6 Å². The van der Waals surface area contributed by atoms with E-state index in [1.54, 1.807) is 13.3 Å². The van der Waals surface area contributed by atoms with Crippen LogP contribution >= 0.6 is 0 Å². The number of nitrogens with one attached hydrogen (secondary N) is 2. The van der Waals surface area contributed by atoms with Crippen molar-refractivity contribution in [3.05, 3.63) is 18.5 Å². The minimum absolute atomic E-state index is 0.0185. The maximum Gasteiger partial charge on any atom is 0.234 e. The second kappa shape index (κ2) is 7.81. The number of amides is 1. The van der Waals surface area contributed by atoms with Crippen molar-refractivity contribution in [1.82, 2.24) is 20.4 Å². The average Bonchev–Trinajstić information content (AvgIpc) is 2.77. The van der Waals surface area contributed by atoms with Crippen LogP contribution in [-0.2, 0) is 16.1 Å². The molecule has 1 aromatic heterocycles. The highest BCUT2D eigenvalue weighted by molar-refractivity contribution is 5.78. The van der Waals surface area contributed by atoms with Crippen LogP contribution in [-0.4, -0.2) is 48.5 Å². The number of rotatable bonds is 8. The molecule has 6 nitrogen and oxygen atoms in total. The molecule has 0 bridgehead atoms. The predicted octanol–water partition coefficient (Wildman–Crippen LogP) is -0.376. The van der Waals surface area contributed by atoms with Crippen molar-refractivity contribution in [2.24, 2.45) is 0 Å². The quantitative estimate of drug-likeness (QED) is 0.608. The van der Waals surface area contributed by atoms with Crippen LogP contribution in [0.2, 0.25) is 0 Å². The summed E-state index contributed by atoms with van der Waals surface area (Å²) in [5.41, 5.74) is 0. The Morgan fingerprint density at radius 2 is 2.41 bits per heavy atom. The lowest BCUT2D eigenvalue weighted by Crippen LogP contribution is -2.41. The lowest BCUT2D eigenvalue weighted by atomic mass is 10.3. The molecule has 1 aromatic rings. The molecule has 0 saturated carbocycles. The van der Waals surface area contributed by atoms with Gasteiger partial charge in [-0.3, -0.25) is 9.48 Å². The predicted molar refractivity (Wildman–Crippen MR) is 64.6 cm³/mol. The van der Waals surface area contributed by atoms with Crippen molar-refractivity contribution in [3.8, 4) is 0 Å². The van der Waals surface area contributed by atoms with Crippen molar-refractivity contribution in [1.29, 1.82) is 0 Å². The normalized spacial score (nSPS) is 12.4. The second-order valence-electron chi connectivity index (χ2n) is 3.87. The van der Waals surface area contributed by atoms with Crippen LogP contribution in [0.1, 0.15) is 6.92 Å². The van der Waals surface area contributed by atoms with Gasteiger partial charge in [-0.15, -0.1) is 0 Å². The summed E-state index contributed by atoms with van der Waals surface area (Å²) in [6.45, 7) is 4.22. The van der Waals surface area contributed by atoms with E-state index in [2.05, 4.69) is 15.7 Å². The van der Waals surface area contributed by atoms with Gasteiger partial charge in [0.25, 0.3) is 0 Å². The fraction of sp³-hybridized carbons (Fsp3) is 0.636. The van der Waals surface area contributed by atoms with Crippen LogP contribution in [0.15, 0.2) is 18.5 Å². The highest BCUT2D eigenvalue weighted by Crippen LogP contribution is 1.83. The molecule has 17 heavy (non-hydrogen) atoms. The van der Waals surface area contributed by atoms with E-state index in [1.165, 1.54) is 0 Å². The molecule has 0 aliphatic heterocycles. The first-order chi connectivity index (χ1) is 8.22. The third-order valence-electron chi connectivity index (χ3n) is 2.19. The van der Waals surface area contributed by atoms with Crippen molar-refractivity contribution in [2.75, 3.05) is 26.8 Å². The summed E-state index contributed by atoms with van der Waals surface area (Å²) in [5.74, 6) is -0.0185. The second-order valence-corrected chi connectivity index (χ2v) is 3.87. The Bertz CT molecular complexity index is 313. The molecule has 96 valence electrons. The van der Waals surface area contributed by atoms with Gasteiger partial charge in [0.2, 0.25) is 5.91 Å². The Balaban J connectivity index is 2.04. The van der Waals surface area contributed by atoms with E-state index in [0.717, 1.165) is 6.54 Å². The van der Waals surface area contributed by atoms with Gasteiger partial charge < -0.3 is 15.4 Å². The van der Waals surface area contributed by atoms with Crippen molar-refractivity contribution >= 4 is 5.91 Å². The zero-order valence-corrected chi connectivity index (χ0v) is 10.3.